The molecule has 0 aliphatic rings. The lowest BCUT2D eigenvalue weighted by molar-refractivity contribution is 0.673. The average molecular weight is 656 g/mol. The van der Waals surface area contributed by atoms with Crippen LogP contribution >= 0.6 is 0 Å². The van der Waals surface area contributed by atoms with Crippen molar-refractivity contribution in [2.24, 2.45) is 0 Å². The summed E-state index contributed by atoms with van der Waals surface area (Å²) < 4.78 is 85.9. The van der Waals surface area contributed by atoms with E-state index in [0.717, 1.165) is 65.3 Å². The predicted octanol–water partition coefficient (Wildman–Crippen LogP) is 14.4. The highest BCUT2D eigenvalue weighted by molar-refractivity contribution is 6.26. The molecule has 11 rings (SSSR count). The summed E-state index contributed by atoms with van der Waals surface area (Å²) in [6, 6.07) is 39.8. The molecule has 0 saturated carbocycles. The van der Waals surface area contributed by atoms with Crippen molar-refractivity contribution in [1.29, 1.82) is 0 Å². The quantitative estimate of drug-likeness (QED) is 0.173. The number of benzene rings is 10. The third kappa shape index (κ3) is 4.09. The van der Waals surface area contributed by atoms with Crippen molar-refractivity contribution in [1.82, 2.24) is 0 Å². The molecule has 0 aliphatic heterocycles. The minimum absolute atomic E-state index is 0.0544. The van der Waals surface area contributed by atoms with Gasteiger partial charge in [-0.25, -0.2) is 0 Å². The molecule has 236 valence electrons. The SMILES string of the molecule is [2H]c1c([2H])c(-c2cccc3c(-c4c5ccccc5c(-c5cccc6ccccc56)c5ccccc45)cccc23)c2c(oc3c4c([2H])c([2H])c([2H])c([2H])c4c([2H])c([2H])c32)c1[2H]. The third-order valence-electron chi connectivity index (χ3n) is 10.2. The van der Waals surface area contributed by atoms with Crippen LogP contribution in [0.2, 0.25) is 0 Å². The zero-order valence-electron chi connectivity index (χ0n) is 36.0. The highest BCUT2D eigenvalue weighted by Gasteiger charge is 2.21. The van der Waals surface area contributed by atoms with Crippen molar-refractivity contribution >= 4 is 75.8 Å². The summed E-state index contributed by atoms with van der Waals surface area (Å²) in [5, 5.41) is 8.25. The Morgan fingerprint density at radius 1 is 0.333 bits per heavy atom. The second-order valence-electron chi connectivity index (χ2n) is 12.8. The van der Waals surface area contributed by atoms with Crippen LogP contribution in [0.15, 0.2) is 186 Å². The van der Waals surface area contributed by atoms with Crippen molar-refractivity contribution in [2.75, 3.05) is 0 Å². The van der Waals surface area contributed by atoms with Gasteiger partial charge in [-0.3, -0.25) is 0 Å². The second kappa shape index (κ2) is 10.9. The zero-order chi connectivity index (χ0) is 41.3. The first-order valence-electron chi connectivity index (χ1n) is 21.4. The molecule has 0 amide bonds. The van der Waals surface area contributed by atoms with Gasteiger partial charge in [0.1, 0.15) is 11.2 Å². The highest BCUT2D eigenvalue weighted by Crippen LogP contribution is 2.48. The Kier molecular flexibility index (Phi) is 4.43. The molecule has 10 aromatic carbocycles. The van der Waals surface area contributed by atoms with E-state index in [2.05, 4.69) is 97.1 Å². The maximum Gasteiger partial charge on any atom is 0.143 e. The van der Waals surface area contributed by atoms with E-state index in [4.69, 9.17) is 14.0 Å². The Hall–Kier alpha value is -6.70. The minimum Gasteiger partial charge on any atom is -0.455 e. The molecule has 0 radical (unpaired) electrons. The van der Waals surface area contributed by atoms with Gasteiger partial charge in [0.2, 0.25) is 0 Å². The molecule has 1 heterocycles. The molecule has 11 aromatic rings. The van der Waals surface area contributed by atoms with Gasteiger partial charge in [-0.05, 0) is 93.9 Å². The molecule has 1 heteroatoms. The average Bonchev–Trinajstić information content (AvgIpc) is 3.67. The van der Waals surface area contributed by atoms with Gasteiger partial charge >= 0.3 is 0 Å². The van der Waals surface area contributed by atoms with E-state index in [1.54, 1.807) is 0 Å². The minimum atomic E-state index is -0.532. The van der Waals surface area contributed by atoms with Crippen molar-refractivity contribution < 1.29 is 16.8 Å². The summed E-state index contributed by atoms with van der Waals surface area (Å²) >= 11 is 0. The smallest absolute Gasteiger partial charge is 0.143 e. The molecular weight excluding hydrogens is 617 g/mol. The van der Waals surface area contributed by atoms with Gasteiger partial charge in [0.05, 0.1) is 12.3 Å². The first-order valence-corrected chi connectivity index (χ1v) is 16.9. The lowest BCUT2D eigenvalue weighted by Gasteiger charge is -2.20. The van der Waals surface area contributed by atoms with E-state index in [1.807, 2.05) is 30.3 Å². The van der Waals surface area contributed by atoms with Gasteiger partial charge in [0.25, 0.3) is 0 Å². The molecule has 0 bridgehead atoms. The van der Waals surface area contributed by atoms with Crippen LogP contribution in [0, 0.1) is 0 Å². The molecule has 1 aromatic heterocycles. The lowest BCUT2D eigenvalue weighted by Crippen LogP contribution is -1.92. The highest BCUT2D eigenvalue weighted by atomic mass is 16.3. The number of fused-ring (bicyclic) bond motifs is 9. The van der Waals surface area contributed by atoms with Crippen molar-refractivity contribution in [3.8, 4) is 33.4 Å². The van der Waals surface area contributed by atoms with Crippen LogP contribution in [0.3, 0.4) is 0 Å². The Bertz CT molecular complexity index is 3660. The first kappa shape index (κ1) is 20.7. The first-order chi connectivity index (χ1) is 29.1. The molecule has 51 heavy (non-hydrogen) atoms. The fourth-order valence-corrected chi connectivity index (χ4v) is 8.07. The largest absolute Gasteiger partial charge is 0.455 e. The summed E-state index contributed by atoms with van der Waals surface area (Å²) in [5.74, 6) is 0. The van der Waals surface area contributed by atoms with E-state index in [0.29, 0.717) is 5.56 Å². The van der Waals surface area contributed by atoms with Crippen molar-refractivity contribution in [3.05, 3.63) is 182 Å². The van der Waals surface area contributed by atoms with Crippen LogP contribution in [-0.2, 0) is 0 Å². The Labute approximate surface area is 307 Å². The Balaban J connectivity index is 1.25. The van der Waals surface area contributed by atoms with Crippen molar-refractivity contribution in [3.63, 3.8) is 0 Å². The second-order valence-corrected chi connectivity index (χ2v) is 12.8. The van der Waals surface area contributed by atoms with Gasteiger partial charge in [-0.15, -0.1) is 0 Å². The van der Waals surface area contributed by atoms with Gasteiger partial charge in [0, 0.05) is 16.2 Å². The summed E-state index contributed by atoms with van der Waals surface area (Å²) in [4.78, 5) is 0. The summed E-state index contributed by atoms with van der Waals surface area (Å²) in [6.07, 6.45) is 0. The monoisotopic (exact) mass is 655 g/mol. The predicted molar refractivity (Wildman–Crippen MR) is 218 cm³/mol. The molecule has 0 unspecified atom stereocenters. The van der Waals surface area contributed by atoms with Crippen LogP contribution < -0.4 is 0 Å². The number of furan rings is 1. The van der Waals surface area contributed by atoms with Crippen LogP contribution in [0.1, 0.15) is 12.3 Å². The van der Waals surface area contributed by atoms with Gasteiger partial charge < -0.3 is 4.42 Å². The van der Waals surface area contributed by atoms with Crippen LogP contribution in [-0.4, -0.2) is 0 Å². The van der Waals surface area contributed by atoms with Gasteiger partial charge in [-0.2, -0.15) is 0 Å². The normalized spacial score (nSPS) is 14.4. The molecule has 0 spiro atoms. The summed E-state index contributed by atoms with van der Waals surface area (Å²) in [5.41, 5.74) is 4.89. The number of rotatable bonds is 3. The molecule has 0 aliphatic carbocycles. The van der Waals surface area contributed by atoms with Crippen LogP contribution in [0.5, 0.6) is 0 Å². The molecule has 1 nitrogen and oxygen atoms in total. The Morgan fingerprint density at radius 3 is 1.61 bits per heavy atom. The fourth-order valence-electron chi connectivity index (χ4n) is 8.07. The lowest BCUT2D eigenvalue weighted by atomic mass is 9.83. The molecule has 0 saturated heterocycles. The fraction of sp³-hybridized carbons (Fsp3) is 0. The van der Waals surface area contributed by atoms with E-state index >= 15 is 0 Å². The topological polar surface area (TPSA) is 13.1 Å². The zero-order valence-corrected chi connectivity index (χ0v) is 27.0. The third-order valence-corrected chi connectivity index (χ3v) is 10.2. The van der Waals surface area contributed by atoms with Crippen LogP contribution in [0.25, 0.3) is 109 Å². The molecule has 0 fully saturated rings. The maximum atomic E-state index is 9.39. The number of hydrogen-bond acceptors (Lipinski definition) is 1. The Morgan fingerprint density at radius 2 is 0.882 bits per heavy atom. The van der Waals surface area contributed by atoms with E-state index in [9.17, 15) is 2.74 Å². The van der Waals surface area contributed by atoms with Gasteiger partial charge in [-0.1, -0.05) is 170 Å². The van der Waals surface area contributed by atoms with Crippen molar-refractivity contribution in [2.45, 2.75) is 0 Å². The van der Waals surface area contributed by atoms with Gasteiger partial charge in [0.15, 0.2) is 0 Å². The molecular formula is C50H30O. The standard InChI is InChI=1S/C50H30O/c1-3-16-33-31(13-1)15-9-25-38(33)47-41-18-5-7-20-43(41)48(44-21-8-6-19-42(44)47)39-26-11-22-35-36(39)23-10-24-37(35)40-27-12-28-46-49(40)45-30-29-32-14-2-4-17-34(32)50(45)51-46/h1-30H/i2D,4D,12D,14D,17D,27D,28D,29D,30D. The van der Waals surface area contributed by atoms with Crippen LogP contribution in [0.4, 0.5) is 0 Å². The summed E-state index contributed by atoms with van der Waals surface area (Å²) in [6.45, 7) is 0. The molecule has 0 atom stereocenters. The van der Waals surface area contributed by atoms with E-state index in [1.165, 1.54) is 0 Å². The molecule has 0 N–H and O–H groups in total. The summed E-state index contributed by atoms with van der Waals surface area (Å²) in [7, 11) is 0. The van der Waals surface area contributed by atoms with E-state index in [-0.39, 0.29) is 56.4 Å². The maximum absolute atomic E-state index is 9.39. The van der Waals surface area contributed by atoms with E-state index < -0.39 is 36.3 Å². The number of hydrogen-bond donors (Lipinski definition) is 0.